The van der Waals surface area contributed by atoms with Gasteiger partial charge in [0.05, 0.1) is 10.8 Å². The van der Waals surface area contributed by atoms with E-state index < -0.39 is 16.4 Å². The summed E-state index contributed by atoms with van der Waals surface area (Å²) in [6, 6.07) is 17.4. The van der Waals surface area contributed by atoms with Crippen molar-refractivity contribution in [3.05, 3.63) is 99.4 Å². The summed E-state index contributed by atoms with van der Waals surface area (Å²) < 4.78 is 0. The number of fused-ring (bicyclic) bond motifs is 4. The highest BCUT2D eigenvalue weighted by Gasteiger charge is 2.69. The Morgan fingerprint density at radius 3 is 2.71 bits per heavy atom. The van der Waals surface area contributed by atoms with Crippen LogP contribution in [-0.2, 0) is 10.3 Å². The summed E-state index contributed by atoms with van der Waals surface area (Å²) in [7, 11) is 0. The van der Waals surface area contributed by atoms with Crippen molar-refractivity contribution in [2.45, 2.75) is 24.4 Å². The van der Waals surface area contributed by atoms with Crippen LogP contribution >= 0.6 is 11.8 Å². The average molecular weight is 487 g/mol. The molecule has 1 aromatic heterocycles. The predicted molar refractivity (Wildman–Crippen MR) is 132 cm³/mol. The first-order chi connectivity index (χ1) is 16.9. The minimum absolute atomic E-state index is 0.00806. The number of ketones is 1. The summed E-state index contributed by atoms with van der Waals surface area (Å²) in [4.78, 5) is 45.6. The summed E-state index contributed by atoms with van der Waals surface area (Å²) in [6.07, 6.45) is 1.58. The normalized spacial score (nSPS) is 27.0. The Bertz CT molecular complexity index is 1360. The second kappa shape index (κ2) is 8.00. The number of nitro benzene ring substituents is 1. The number of carbonyl (C=O) groups excluding carboxylic acids is 2. The topological polar surface area (TPSA) is 105 Å². The van der Waals surface area contributed by atoms with Gasteiger partial charge in [-0.05, 0) is 30.7 Å². The van der Waals surface area contributed by atoms with Crippen molar-refractivity contribution in [1.82, 2.24) is 9.88 Å². The molecule has 8 nitrogen and oxygen atoms in total. The van der Waals surface area contributed by atoms with Crippen LogP contribution in [0.2, 0.25) is 0 Å². The second-order valence-corrected chi connectivity index (χ2v) is 10.2. The van der Waals surface area contributed by atoms with Crippen LogP contribution in [0.4, 0.5) is 11.4 Å². The van der Waals surface area contributed by atoms with Crippen LogP contribution in [0.5, 0.6) is 0 Å². The standard InChI is InChI=1S/C26H22N4O4S/c1-15-5-10-19-18(12-15)26(25(32)28-19)23(24(31)20-4-2-3-11-27-20)22(21-13-35-14-29(21)26)16-6-8-17(9-7-16)30(33)34/h2-12,21-23H,13-14H2,1H3,(H,28,32)/t21-,22+,23-,26+/m0/s1. The summed E-state index contributed by atoms with van der Waals surface area (Å²) in [6.45, 7) is 1.98. The Morgan fingerprint density at radius 1 is 1.20 bits per heavy atom. The minimum atomic E-state index is -1.18. The van der Waals surface area contributed by atoms with E-state index in [2.05, 4.69) is 15.2 Å². The Kier molecular flexibility index (Phi) is 5.01. The molecule has 1 spiro atoms. The summed E-state index contributed by atoms with van der Waals surface area (Å²) in [5, 5.41) is 14.3. The van der Waals surface area contributed by atoms with Crippen molar-refractivity contribution in [1.29, 1.82) is 0 Å². The number of nitro groups is 1. The molecule has 4 atom stereocenters. The SMILES string of the molecule is Cc1ccc2c(c1)[C@]1(C(=O)N2)[C@H](C(=O)c2ccccn2)[C@H](c2ccc([N+](=O)[O-])cc2)[C@@H]2CSCN21. The third-order valence-corrected chi connectivity index (χ3v) is 8.50. The van der Waals surface area contributed by atoms with E-state index in [0.29, 0.717) is 11.6 Å². The van der Waals surface area contributed by atoms with Crippen LogP contribution in [0.1, 0.15) is 33.1 Å². The maximum absolute atomic E-state index is 14.3. The fraction of sp³-hybridized carbons (Fsp3) is 0.269. The van der Waals surface area contributed by atoms with E-state index in [4.69, 9.17) is 0 Å². The van der Waals surface area contributed by atoms with Crippen LogP contribution in [-0.4, -0.2) is 44.2 Å². The van der Waals surface area contributed by atoms with Gasteiger partial charge in [-0.3, -0.25) is 29.6 Å². The smallest absolute Gasteiger partial charge is 0.269 e. The third-order valence-electron chi connectivity index (χ3n) is 7.46. The second-order valence-electron chi connectivity index (χ2n) is 9.24. The van der Waals surface area contributed by atoms with Gasteiger partial charge in [0.25, 0.3) is 5.69 Å². The number of amides is 1. The summed E-state index contributed by atoms with van der Waals surface area (Å²) in [5.41, 5.74) is 2.47. The zero-order valence-corrected chi connectivity index (χ0v) is 19.7. The molecular weight excluding hydrogens is 464 g/mol. The molecule has 2 aromatic carbocycles. The molecule has 0 unspecified atom stereocenters. The van der Waals surface area contributed by atoms with Crippen molar-refractivity contribution in [2.75, 3.05) is 16.9 Å². The molecule has 3 aromatic rings. The van der Waals surface area contributed by atoms with Gasteiger partial charge in [0.2, 0.25) is 5.91 Å². The van der Waals surface area contributed by atoms with E-state index in [-0.39, 0.29) is 29.3 Å². The van der Waals surface area contributed by atoms with Gasteiger partial charge in [0, 0.05) is 53.2 Å². The highest BCUT2D eigenvalue weighted by Crippen LogP contribution is 2.61. The van der Waals surface area contributed by atoms with Gasteiger partial charge in [-0.25, -0.2) is 0 Å². The first-order valence-electron chi connectivity index (χ1n) is 11.4. The molecule has 9 heteroatoms. The third kappa shape index (κ3) is 3.08. The number of benzene rings is 2. The molecule has 3 aliphatic heterocycles. The van der Waals surface area contributed by atoms with E-state index in [9.17, 15) is 19.7 Å². The van der Waals surface area contributed by atoms with Crippen molar-refractivity contribution in [3.8, 4) is 0 Å². The first kappa shape index (κ1) is 21.9. The number of aryl methyl sites for hydroxylation is 1. The lowest BCUT2D eigenvalue weighted by Gasteiger charge is -2.36. The van der Waals surface area contributed by atoms with E-state index in [1.807, 2.05) is 25.1 Å². The number of aromatic nitrogens is 1. The van der Waals surface area contributed by atoms with Crippen LogP contribution in [0.25, 0.3) is 0 Å². The van der Waals surface area contributed by atoms with Gasteiger partial charge in [-0.2, -0.15) is 0 Å². The number of thioether (sulfide) groups is 1. The Hall–Kier alpha value is -3.56. The molecule has 3 aliphatic rings. The molecule has 0 bridgehead atoms. The fourth-order valence-electron chi connectivity index (χ4n) is 6.05. The number of hydrogen-bond acceptors (Lipinski definition) is 7. The molecule has 6 rings (SSSR count). The number of hydrogen-bond donors (Lipinski definition) is 1. The quantitative estimate of drug-likeness (QED) is 0.336. The number of pyridine rings is 1. The van der Waals surface area contributed by atoms with Gasteiger partial charge in [0.1, 0.15) is 11.2 Å². The van der Waals surface area contributed by atoms with Crippen LogP contribution in [0.15, 0.2) is 66.9 Å². The average Bonchev–Trinajstić information content (AvgIpc) is 3.53. The fourth-order valence-corrected chi connectivity index (χ4v) is 7.37. The highest BCUT2D eigenvalue weighted by molar-refractivity contribution is 7.99. The molecule has 4 heterocycles. The highest BCUT2D eigenvalue weighted by atomic mass is 32.2. The van der Waals surface area contributed by atoms with Crippen molar-refractivity contribution >= 4 is 34.8 Å². The zero-order chi connectivity index (χ0) is 24.3. The summed E-state index contributed by atoms with van der Waals surface area (Å²) >= 11 is 1.73. The van der Waals surface area contributed by atoms with E-state index in [1.165, 1.54) is 12.1 Å². The molecule has 0 saturated carbocycles. The number of carbonyl (C=O) groups is 2. The van der Waals surface area contributed by atoms with Crippen LogP contribution in [0.3, 0.4) is 0 Å². The van der Waals surface area contributed by atoms with Gasteiger partial charge >= 0.3 is 0 Å². The Labute approximate surface area is 205 Å². The number of nitrogens with zero attached hydrogens (tertiary/aromatic N) is 3. The molecule has 1 amide bonds. The molecular formula is C26H22N4O4S. The number of anilines is 1. The molecule has 0 aliphatic carbocycles. The molecule has 2 saturated heterocycles. The molecule has 35 heavy (non-hydrogen) atoms. The maximum atomic E-state index is 14.3. The van der Waals surface area contributed by atoms with Crippen molar-refractivity contribution in [3.63, 3.8) is 0 Å². The van der Waals surface area contributed by atoms with E-state index in [1.54, 1.807) is 48.3 Å². The number of nitrogens with one attached hydrogen (secondary N) is 1. The minimum Gasteiger partial charge on any atom is -0.324 e. The van der Waals surface area contributed by atoms with E-state index in [0.717, 1.165) is 28.1 Å². The van der Waals surface area contributed by atoms with Crippen molar-refractivity contribution < 1.29 is 14.5 Å². The van der Waals surface area contributed by atoms with Gasteiger partial charge in [-0.15, -0.1) is 11.8 Å². The zero-order valence-electron chi connectivity index (χ0n) is 18.9. The molecule has 1 N–H and O–H groups in total. The lowest BCUT2D eigenvalue weighted by Crippen LogP contribution is -2.52. The van der Waals surface area contributed by atoms with Crippen LogP contribution in [0, 0.1) is 23.0 Å². The lowest BCUT2D eigenvalue weighted by molar-refractivity contribution is -0.384. The van der Waals surface area contributed by atoms with Crippen molar-refractivity contribution in [2.24, 2.45) is 5.92 Å². The van der Waals surface area contributed by atoms with Crippen LogP contribution < -0.4 is 5.32 Å². The summed E-state index contributed by atoms with van der Waals surface area (Å²) in [5.74, 6) is -0.113. The Balaban J connectivity index is 1.60. The monoisotopic (exact) mass is 486 g/mol. The van der Waals surface area contributed by atoms with Gasteiger partial charge in [0.15, 0.2) is 5.78 Å². The maximum Gasteiger partial charge on any atom is 0.269 e. The van der Waals surface area contributed by atoms with Gasteiger partial charge in [-0.1, -0.05) is 35.9 Å². The molecule has 176 valence electrons. The molecule has 2 fully saturated rings. The predicted octanol–water partition coefficient (Wildman–Crippen LogP) is 4.12. The number of rotatable bonds is 4. The van der Waals surface area contributed by atoms with Gasteiger partial charge < -0.3 is 5.32 Å². The largest absolute Gasteiger partial charge is 0.324 e. The Morgan fingerprint density at radius 2 is 2.00 bits per heavy atom. The number of non-ortho nitro benzene ring substituents is 1. The first-order valence-corrected chi connectivity index (χ1v) is 12.5. The number of Topliss-reactive ketones (excluding diaryl/α,β-unsaturated/α-hetero) is 1. The molecule has 0 radical (unpaired) electrons. The van der Waals surface area contributed by atoms with E-state index >= 15 is 0 Å². The lowest BCUT2D eigenvalue weighted by atomic mass is 9.70.